The smallest absolute Gasteiger partial charge is 0.325 e. The molecule has 1 aliphatic heterocycles. The van der Waals surface area contributed by atoms with Gasteiger partial charge in [-0.05, 0) is 37.1 Å². The molecule has 0 unspecified atom stereocenters. The number of ether oxygens (including phenoxy) is 1. The first kappa shape index (κ1) is 17.9. The number of aliphatic hydroxyl groups excluding tert-OH is 1. The second-order valence-electron chi connectivity index (χ2n) is 6.83. The highest BCUT2D eigenvalue weighted by Crippen LogP contribution is 2.22. The molecule has 2 aromatic rings. The molecule has 1 aliphatic rings. The summed E-state index contributed by atoms with van der Waals surface area (Å²) in [6.07, 6.45) is -0.965. The summed E-state index contributed by atoms with van der Waals surface area (Å²) >= 11 is 0. The lowest BCUT2D eigenvalue weighted by Crippen LogP contribution is -2.42. The molecule has 1 fully saturated rings. The Labute approximate surface area is 152 Å². The number of β-amino-alcohol motifs (C(OH)–C–C–N with tert-alkyl or cyclic N) is 1. The first-order valence-corrected chi connectivity index (χ1v) is 8.47. The van der Waals surface area contributed by atoms with Crippen LogP contribution in [0.15, 0.2) is 54.6 Å². The Morgan fingerprint density at radius 3 is 2.23 bits per heavy atom. The predicted molar refractivity (Wildman–Crippen MR) is 97.7 cm³/mol. The molecule has 26 heavy (non-hydrogen) atoms. The number of aliphatic hydroxyl groups is 1. The average molecular weight is 354 g/mol. The molecule has 2 N–H and O–H groups in total. The van der Waals surface area contributed by atoms with Crippen LogP contribution in [-0.2, 0) is 4.79 Å². The zero-order valence-corrected chi connectivity index (χ0v) is 14.8. The number of urea groups is 1. The molecule has 0 radical (unpaired) electrons. The molecule has 0 bridgehead atoms. The van der Waals surface area contributed by atoms with E-state index in [0.717, 1.165) is 16.0 Å². The van der Waals surface area contributed by atoms with Gasteiger partial charge in [0.05, 0.1) is 6.54 Å². The monoisotopic (exact) mass is 354 g/mol. The molecule has 1 atom stereocenters. The van der Waals surface area contributed by atoms with Crippen molar-refractivity contribution in [1.82, 2.24) is 10.2 Å². The number of amides is 3. The van der Waals surface area contributed by atoms with E-state index in [1.54, 1.807) is 13.8 Å². The van der Waals surface area contributed by atoms with Crippen LogP contribution in [0.2, 0.25) is 0 Å². The van der Waals surface area contributed by atoms with E-state index in [1.165, 1.54) is 0 Å². The van der Waals surface area contributed by atoms with Crippen molar-refractivity contribution < 1.29 is 19.4 Å². The minimum Gasteiger partial charge on any atom is -0.491 e. The fourth-order valence-electron chi connectivity index (χ4n) is 2.81. The lowest BCUT2D eigenvalue weighted by atomic mass is 10.1. The van der Waals surface area contributed by atoms with Crippen molar-refractivity contribution in [2.75, 3.05) is 13.2 Å². The van der Waals surface area contributed by atoms with E-state index in [0.29, 0.717) is 5.75 Å². The lowest BCUT2D eigenvalue weighted by molar-refractivity contribution is -0.131. The zero-order chi connectivity index (χ0) is 18.7. The number of rotatable bonds is 6. The summed E-state index contributed by atoms with van der Waals surface area (Å²) in [4.78, 5) is 25.0. The molecule has 3 rings (SSSR count). The summed E-state index contributed by atoms with van der Waals surface area (Å²) in [6, 6.07) is 17.0. The normalized spacial score (nSPS) is 17.1. The summed E-state index contributed by atoms with van der Waals surface area (Å²) in [7, 11) is 0. The first-order valence-electron chi connectivity index (χ1n) is 8.47. The van der Waals surface area contributed by atoms with Crippen LogP contribution in [0.4, 0.5) is 4.79 Å². The number of nitrogens with zero attached hydrogens (tertiary/aromatic N) is 1. The van der Waals surface area contributed by atoms with Crippen molar-refractivity contribution in [3.8, 4) is 16.9 Å². The molecule has 3 amide bonds. The number of imide groups is 1. The maximum absolute atomic E-state index is 12.1. The van der Waals surface area contributed by atoms with Gasteiger partial charge in [-0.3, -0.25) is 9.69 Å². The molecule has 0 saturated carbocycles. The molecule has 6 heteroatoms. The minimum absolute atomic E-state index is 0.0117. The van der Waals surface area contributed by atoms with Gasteiger partial charge >= 0.3 is 6.03 Å². The number of carbonyl (C=O) groups is 2. The van der Waals surface area contributed by atoms with Gasteiger partial charge in [0.1, 0.15) is 24.0 Å². The third-order valence-electron chi connectivity index (χ3n) is 4.24. The molecule has 2 aromatic carbocycles. The summed E-state index contributed by atoms with van der Waals surface area (Å²) in [5.41, 5.74) is 1.24. The summed E-state index contributed by atoms with van der Waals surface area (Å²) in [6.45, 7) is 3.15. The van der Waals surface area contributed by atoms with Gasteiger partial charge in [-0.15, -0.1) is 0 Å². The van der Waals surface area contributed by atoms with Crippen LogP contribution in [0.25, 0.3) is 11.1 Å². The van der Waals surface area contributed by atoms with Gasteiger partial charge in [0.25, 0.3) is 5.91 Å². The highest BCUT2D eigenvalue weighted by atomic mass is 16.5. The van der Waals surface area contributed by atoms with Gasteiger partial charge in [-0.2, -0.15) is 0 Å². The average Bonchev–Trinajstić information content (AvgIpc) is 2.83. The Morgan fingerprint density at radius 1 is 1.04 bits per heavy atom. The Kier molecular flexibility index (Phi) is 4.95. The zero-order valence-electron chi connectivity index (χ0n) is 14.8. The summed E-state index contributed by atoms with van der Waals surface area (Å²) in [5, 5.41) is 12.7. The van der Waals surface area contributed by atoms with E-state index in [-0.39, 0.29) is 19.1 Å². The SMILES string of the molecule is CC1(C)NC(=O)N(C[C@H](O)COc2ccc(-c3ccccc3)cc2)C1=O. The van der Waals surface area contributed by atoms with Crippen LogP contribution >= 0.6 is 0 Å². The van der Waals surface area contributed by atoms with Crippen molar-refractivity contribution >= 4 is 11.9 Å². The van der Waals surface area contributed by atoms with Crippen molar-refractivity contribution in [1.29, 1.82) is 0 Å². The largest absolute Gasteiger partial charge is 0.491 e. The Morgan fingerprint density at radius 2 is 1.65 bits per heavy atom. The van der Waals surface area contributed by atoms with Crippen molar-refractivity contribution in [2.45, 2.75) is 25.5 Å². The molecule has 136 valence electrons. The molecule has 0 aromatic heterocycles. The van der Waals surface area contributed by atoms with E-state index < -0.39 is 17.7 Å². The minimum atomic E-state index is -0.965. The van der Waals surface area contributed by atoms with Crippen LogP contribution < -0.4 is 10.1 Å². The van der Waals surface area contributed by atoms with Gasteiger partial charge in [0, 0.05) is 0 Å². The van der Waals surface area contributed by atoms with Crippen molar-refractivity contribution in [3.63, 3.8) is 0 Å². The lowest BCUT2D eigenvalue weighted by Gasteiger charge is -2.19. The first-order chi connectivity index (χ1) is 12.4. The molecular formula is C20H22N2O4. The highest BCUT2D eigenvalue weighted by Gasteiger charge is 2.44. The van der Waals surface area contributed by atoms with Crippen LogP contribution in [0.3, 0.4) is 0 Å². The number of hydrogen-bond donors (Lipinski definition) is 2. The molecule has 1 heterocycles. The maximum atomic E-state index is 12.1. The predicted octanol–water partition coefficient (Wildman–Crippen LogP) is 2.42. The molecule has 0 spiro atoms. The Balaban J connectivity index is 1.54. The van der Waals surface area contributed by atoms with Gasteiger partial charge in [-0.25, -0.2) is 4.79 Å². The quantitative estimate of drug-likeness (QED) is 0.781. The second kappa shape index (κ2) is 7.17. The van der Waals surface area contributed by atoms with Crippen LogP contribution in [-0.4, -0.2) is 46.7 Å². The van der Waals surface area contributed by atoms with Gasteiger partial charge in [0.15, 0.2) is 0 Å². The Bertz CT molecular complexity index is 787. The van der Waals surface area contributed by atoms with Crippen LogP contribution in [0.1, 0.15) is 13.8 Å². The molecule has 6 nitrogen and oxygen atoms in total. The van der Waals surface area contributed by atoms with E-state index in [9.17, 15) is 14.7 Å². The summed E-state index contributed by atoms with van der Waals surface area (Å²) in [5.74, 6) is 0.259. The fourth-order valence-corrected chi connectivity index (χ4v) is 2.81. The topological polar surface area (TPSA) is 78.9 Å². The van der Waals surface area contributed by atoms with Crippen molar-refractivity contribution in [3.05, 3.63) is 54.6 Å². The number of hydrogen-bond acceptors (Lipinski definition) is 4. The highest BCUT2D eigenvalue weighted by molar-refractivity contribution is 6.06. The standard InChI is InChI=1S/C20H22N2O4/c1-20(2)18(24)22(19(25)21-20)12-16(23)13-26-17-10-8-15(9-11-17)14-6-4-3-5-7-14/h3-11,16,23H,12-13H2,1-2H3,(H,21,25)/t16-/m0/s1. The third-order valence-corrected chi connectivity index (χ3v) is 4.24. The fraction of sp³-hybridized carbons (Fsp3) is 0.300. The van der Waals surface area contributed by atoms with E-state index in [4.69, 9.17) is 4.74 Å². The van der Waals surface area contributed by atoms with Crippen LogP contribution in [0.5, 0.6) is 5.75 Å². The number of carbonyl (C=O) groups excluding carboxylic acids is 2. The number of nitrogens with one attached hydrogen (secondary N) is 1. The second-order valence-corrected chi connectivity index (χ2v) is 6.83. The molecular weight excluding hydrogens is 332 g/mol. The van der Waals surface area contributed by atoms with Crippen molar-refractivity contribution in [2.24, 2.45) is 0 Å². The number of benzene rings is 2. The maximum Gasteiger partial charge on any atom is 0.325 e. The van der Waals surface area contributed by atoms with Gasteiger partial charge in [-0.1, -0.05) is 42.5 Å². The third kappa shape index (κ3) is 3.86. The molecule has 0 aliphatic carbocycles. The van der Waals surface area contributed by atoms with E-state index in [1.807, 2.05) is 54.6 Å². The Hall–Kier alpha value is -2.86. The van der Waals surface area contributed by atoms with Crippen LogP contribution in [0, 0.1) is 0 Å². The van der Waals surface area contributed by atoms with E-state index in [2.05, 4.69) is 5.32 Å². The van der Waals surface area contributed by atoms with Gasteiger partial charge < -0.3 is 15.2 Å². The molecule has 1 saturated heterocycles. The van der Waals surface area contributed by atoms with Gasteiger partial charge in [0.2, 0.25) is 0 Å². The van der Waals surface area contributed by atoms with E-state index >= 15 is 0 Å². The summed E-state index contributed by atoms with van der Waals surface area (Å²) < 4.78 is 5.57.